The lowest BCUT2D eigenvalue weighted by molar-refractivity contribution is -0.135. The van der Waals surface area contributed by atoms with Gasteiger partial charge in [0.1, 0.15) is 6.54 Å². The van der Waals surface area contributed by atoms with Gasteiger partial charge in [0, 0.05) is 45.2 Å². The van der Waals surface area contributed by atoms with Crippen LogP contribution in [-0.4, -0.2) is 86.2 Å². The fourth-order valence-corrected chi connectivity index (χ4v) is 3.60. The van der Waals surface area contributed by atoms with E-state index in [-0.39, 0.29) is 24.4 Å². The van der Waals surface area contributed by atoms with E-state index >= 15 is 0 Å². The summed E-state index contributed by atoms with van der Waals surface area (Å²) in [4.78, 5) is 30.6. The van der Waals surface area contributed by atoms with Crippen molar-refractivity contribution in [3.05, 3.63) is 35.4 Å². The molecule has 7 nitrogen and oxygen atoms in total. The molecule has 0 unspecified atom stereocenters. The van der Waals surface area contributed by atoms with Gasteiger partial charge in [-0.05, 0) is 19.5 Å². The molecule has 0 saturated carbocycles. The molecule has 1 aromatic rings. The SMILES string of the molecule is Cc1cccc(CN2CCN(C(=O)NC[C@H]3COCCN(C)C3)CC2=O)c1. The molecule has 3 amide bonds. The number of piperazine rings is 1. The Kier molecular flexibility index (Phi) is 6.68. The minimum absolute atomic E-state index is 0.00422. The van der Waals surface area contributed by atoms with Gasteiger partial charge < -0.3 is 24.8 Å². The molecular formula is C20H30N4O3. The Morgan fingerprint density at radius 1 is 1.30 bits per heavy atom. The second-order valence-corrected chi connectivity index (χ2v) is 7.62. The topological polar surface area (TPSA) is 65.1 Å². The summed E-state index contributed by atoms with van der Waals surface area (Å²) in [6.07, 6.45) is 0. The van der Waals surface area contributed by atoms with Crippen LogP contribution in [0, 0.1) is 12.8 Å². The number of hydrogen-bond acceptors (Lipinski definition) is 4. The molecular weight excluding hydrogens is 344 g/mol. The summed E-state index contributed by atoms with van der Waals surface area (Å²) in [6, 6.07) is 8.02. The summed E-state index contributed by atoms with van der Waals surface area (Å²) < 4.78 is 5.58. The van der Waals surface area contributed by atoms with Crippen LogP contribution in [0.15, 0.2) is 24.3 Å². The van der Waals surface area contributed by atoms with Gasteiger partial charge in [-0.1, -0.05) is 29.8 Å². The maximum Gasteiger partial charge on any atom is 0.317 e. The van der Waals surface area contributed by atoms with Crippen LogP contribution in [0.5, 0.6) is 0 Å². The number of aryl methyl sites for hydroxylation is 1. The molecule has 2 heterocycles. The molecule has 0 radical (unpaired) electrons. The molecule has 148 valence electrons. The van der Waals surface area contributed by atoms with Gasteiger partial charge in [-0.2, -0.15) is 0 Å². The first-order valence-electron chi connectivity index (χ1n) is 9.63. The number of urea groups is 1. The zero-order valence-electron chi connectivity index (χ0n) is 16.3. The summed E-state index contributed by atoms with van der Waals surface area (Å²) in [5.74, 6) is 0.273. The van der Waals surface area contributed by atoms with E-state index in [1.165, 1.54) is 5.56 Å². The van der Waals surface area contributed by atoms with Crippen molar-refractivity contribution >= 4 is 11.9 Å². The van der Waals surface area contributed by atoms with E-state index in [0.29, 0.717) is 32.8 Å². The highest BCUT2D eigenvalue weighted by molar-refractivity contribution is 5.85. The van der Waals surface area contributed by atoms with E-state index in [2.05, 4.69) is 23.3 Å². The number of carbonyl (C=O) groups is 2. The van der Waals surface area contributed by atoms with Crippen LogP contribution in [0.25, 0.3) is 0 Å². The van der Waals surface area contributed by atoms with Gasteiger partial charge in [0.25, 0.3) is 0 Å². The first-order valence-corrected chi connectivity index (χ1v) is 9.63. The molecule has 2 fully saturated rings. The van der Waals surface area contributed by atoms with Gasteiger partial charge in [-0.3, -0.25) is 4.79 Å². The van der Waals surface area contributed by atoms with Gasteiger partial charge in [0.2, 0.25) is 5.91 Å². The molecule has 7 heteroatoms. The van der Waals surface area contributed by atoms with E-state index in [1.807, 2.05) is 30.0 Å². The lowest BCUT2D eigenvalue weighted by atomic mass is 10.1. The molecule has 0 bridgehead atoms. The van der Waals surface area contributed by atoms with Crippen LogP contribution in [0.1, 0.15) is 11.1 Å². The highest BCUT2D eigenvalue weighted by Gasteiger charge is 2.27. The zero-order valence-corrected chi connectivity index (χ0v) is 16.3. The van der Waals surface area contributed by atoms with Crippen LogP contribution in [0.2, 0.25) is 0 Å². The molecule has 1 atom stereocenters. The van der Waals surface area contributed by atoms with E-state index in [1.54, 1.807) is 4.90 Å². The van der Waals surface area contributed by atoms with Crippen molar-refractivity contribution in [2.75, 3.05) is 59.5 Å². The Bertz CT molecular complexity index is 666. The standard InChI is InChI=1S/C20H30N4O3/c1-16-4-3-5-17(10-16)13-23-6-7-24(14-19(23)25)20(26)21-11-18-12-22(2)8-9-27-15-18/h3-5,10,18H,6-9,11-15H2,1-2H3,(H,21,26)/t18-/m1/s1. The van der Waals surface area contributed by atoms with Crippen molar-refractivity contribution in [3.8, 4) is 0 Å². The maximum atomic E-state index is 12.5. The monoisotopic (exact) mass is 374 g/mol. The van der Waals surface area contributed by atoms with Gasteiger partial charge >= 0.3 is 6.03 Å². The number of nitrogens with one attached hydrogen (secondary N) is 1. The largest absolute Gasteiger partial charge is 0.380 e. The predicted molar refractivity (Wildman–Crippen MR) is 103 cm³/mol. The zero-order chi connectivity index (χ0) is 19.2. The van der Waals surface area contributed by atoms with Crippen molar-refractivity contribution in [2.45, 2.75) is 13.5 Å². The molecule has 27 heavy (non-hydrogen) atoms. The number of ether oxygens (including phenoxy) is 1. The van der Waals surface area contributed by atoms with E-state index in [4.69, 9.17) is 4.74 Å². The molecule has 2 saturated heterocycles. The minimum Gasteiger partial charge on any atom is -0.380 e. The molecule has 0 aliphatic carbocycles. The first kappa shape index (κ1) is 19.6. The average Bonchev–Trinajstić information content (AvgIpc) is 2.85. The third-order valence-corrected chi connectivity index (χ3v) is 5.14. The van der Waals surface area contributed by atoms with Gasteiger partial charge in [0.05, 0.1) is 13.2 Å². The maximum absolute atomic E-state index is 12.5. The van der Waals surface area contributed by atoms with E-state index in [0.717, 1.165) is 25.3 Å². The Labute approximate surface area is 161 Å². The van der Waals surface area contributed by atoms with Crippen molar-refractivity contribution in [2.24, 2.45) is 5.92 Å². The fourth-order valence-electron chi connectivity index (χ4n) is 3.60. The number of hydrogen-bond donors (Lipinski definition) is 1. The van der Waals surface area contributed by atoms with Crippen molar-refractivity contribution < 1.29 is 14.3 Å². The van der Waals surface area contributed by atoms with Gasteiger partial charge in [-0.25, -0.2) is 4.79 Å². The number of nitrogens with zero attached hydrogens (tertiary/aromatic N) is 3. The number of amides is 3. The van der Waals surface area contributed by atoms with Crippen LogP contribution >= 0.6 is 0 Å². The molecule has 0 aromatic heterocycles. The van der Waals surface area contributed by atoms with Crippen LogP contribution in [-0.2, 0) is 16.1 Å². The number of rotatable bonds is 4. The van der Waals surface area contributed by atoms with Crippen molar-refractivity contribution in [3.63, 3.8) is 0 Å². The average molecular weight is 374 g/mol. The van der Waals surface area contributed by atoms with E-state index in [9.17, 15) is 9.59 Å². The summed E-state index contributed by atoms with van der Waals surface area (Å²) >= 11 is 0. The lowest BCUT2D eigenvalue weighted by Crippen LogP contribution is -2.55. The summed E-state index contributed by atoms with van der Waals surface area (Å²) in [6.45, 7) is 7.70. The van der Waals surface area contributed by atoms with Crippen LogP contribution in [0.3, 0.4) is 0 Å². The smallest absolute Gasteiger partial charge is 0.317 e. The second kappa shape index (κ2) is 9.19. The molecule has 1 aromatic carbocycles. The highest BCUT2D eigenvalue weighted by atomic mass is 16.5. The normalized spacial score (nSPS) is 21.9. The Balaban J connectivity index is 1.45. The third-order valence-electron chi connectivity index (χ3n) is 5.14. The van der Waals surface area contributed by atoms with Gasteiger partial charge in [-0.15, -0.1) is 0 Å². The first-order chi connectivity index (χ1) is 13.0. The Hall–Kier alpha value is -2.12. The molecule has 1 N–H and O–H groups in total. The van der Waals surface area contributed by atoms with Crippen LogP contribution in [0.4, 0.5) is 4.79 Å². The third kappa shape index (κ3) is 5.68. The van der Waals surface area contributed by atoms with Gasteiger partial charge in [0.15, 0.2) is 0 Å². The molecule has 0 spiro atoms. The fraction of sp³-hybridized carbons (Fsp3) is 0.600. The number of carbonyl (C=O) groups excluding carboxylic acids is 2. The highest BCUT2D eigenvalue weighted by Crippen LogP contribution is 2.12. The molecule has 3 rings (SSSR count). The minimum atomic E-state index is -0.162. The van der Waals surface area contributed by atoms with Crippen LogP contribution < -0.4 is 5.32 Å². The Morgan fingerprint density at radius 2 is 2.15 bits per heavy atom. The Morgan fingerprint density at radius 3 is 2.93 bits per heavy atom. The number of likely N-dealkylation sites (N-methyl/N-ethyl adjacent to an activating group) is 1. The lowest BCUT2D eigenvalue weighted by Gasteiger charge is -2.34. The quantitative estimate of drug-likeness (QED) is 0.852. The predicted octanol–water partition coefficient (Wildman–Crippen LogP) is 0.927. The van der Waals surface area contributed by atoms with Crippen molar-refractivity contribution in [1.82, 2.24) is 20.0 Å². The van der Waals surface area contributed by atoms with E-state index < -0.39 is 0 Å². The molecule has 2 aliphatic rings. The summed E-state index contributed by atoms with van der Waals surface area (Å²) in [5, 5.41) is 2.97. The summed E-state index contributed by atoms with van der Waals surface area (Å²) in [7, 11) is 2.07. The summed E-state index contributed by atoms with van der Waals surface area (Å²) in [5.41, 5.74) is 2.31. The molecule has 2 aliphatic heterocycles. The van der Waals surface area contributed by atoms with Crippen molar-refractivity contribution in [1.29, 1.82) is 0 Å². The second-order valence-electron chi connectivity index (χ2n) is 7.62. The number of benzene rings is 1.